The molecule has 0 unspecified atom stereocenters. The van der Waals surface area contributed by atoms with E-state index in [9.17, 15) is 13.2 Å². The van der Waals surface area contributed by atoms with Gasteiger partial charge in [-0.1, -0.05) is 36.4 Å². The van der Waals surface area contributed by atoms with Gasteiger partial charge in [-0.05, 0) is 41.7 Å². The van der Waals surface area contributed by atoms with E-state index in [0.717, 1.165) is 23.9 Å². The van der Waals surface area contributed by atoms with Crippen molar-refractivity contribution in [2.24, 2.45) is 0 Å². The summed E-state index contributed by atoms with van der Waals surface area (Å²) in [5.41, 5.74) is 6.90. The van der Waals surface area contributed by atoms with Crippen LogP contribution in [-0.2, 0) is 21.2 Å². The summed E-state index contributed by atoms with van der Waals surface area (Å²) in [7, 11) is -3.45. The van der Waals surface area contributed by atoms with Gasteiger partial charge in [-0.3, -0.25) is 4.79 Å². The Morgan fingerprint density at radius 3 is 2.68 bits per heavy atom. The number of carbonyl (C=O) groups is 1. The van der Waals surface area contributed by atoms with Gasteiger partial charge in [0.15, 0.2) is 5.13 Å². The Balaban J connectivity index is 1.51. The number of thiazole rings is 1. The van der Waals surface area contributed by atoms with Gasteiger partial charge in [-0.25, -0.2) is 18.1 Å². The van der Waals surface area contributed by atoms with E-state index in [1.807, 2.05) is 11.4 Å². The fraction of sp³-hybridized carbons (Fsp3) is 0.200. The van der Waals surface area contributed by atoms with Crippen molar-refractivity contribution in [1.29, 1.82) is 0 Å². The number of fused-ring (bicyclic) bond motifs is 3. The molecule has 0 spiro atoms. The minimum Gasteiger partial charge on any atom is -0.301 e. The molecular formula is C20H19N3O3S2. The summed E-state index contributed by atoms with van der Waals surface area (Å²) in [6.07, 6.45) is 1.92. The van der Waals surface area contributed by atoms with Gasteiger partial charge >= 0.3 is 0 Å². The van der Waals surface area contributed by atoms with Crippen LogP contribution in [0.5, 0.6) is 0 Å². The van der Waals surface area contributed by atoms with Crippen molar-refractivity contribution in [2.45, 2.75) is 19.4 Å². The van der Waals surface area contributed by atoms with Gasteiger partial charge in [0.1, 0.15) is 0 Å². The zero-order valence-electron chi connectivity index (χ0n) is 15.4. The molecule has 2 aromatic carbocycles. The number of carbonyl (C=O) groups excluding carboxylic acids is 1. The number of rotatable bonds is 5. The number of hydrogen-bond donors (Lipinski definition) is 2. The quantitative estimate of drug-likeness (QED) is 0.526. The molecule has 144 valence electrons. The van der Waals surface area contributed by atoms with Gasteiger partial charge in [0.25, 0.3) is 0 Å². The van der Waals surface area contributed by atoms with Crippen molar-refractivity contribution < 1.29 is 13.2 Å². The van der Waals surface area contributed by atoms with Crippen LogP contribution in [0, 0.1) is 0 Å². The van der Waals surface area contributed by atoms with Gasteiger partial charge < -0.3 is 5.32 Å². The van der Waals surface area contributed by atoms with Crippen molar-refractivity contribution in [2.75, 3.05) is 11.6 Å². The highest BCUT2D eigenvalue weighted by molar-refractivity contribution is 7.88. The molecule has 0 saturated carbocycles. The lowest BCUT2D eigenvalue weighted by Crippen LogP contribution is -2.40. The van der Waals surface area contributed by atoms with E-state index in [4.69, 9.17) is 0 Å². The molecule has 0 saturated heterocycles. The minimum atomic E-state index is -3.45. The topological polar surface area (TPSA) is 88.2 Å². The maximum absolute atomic E-state index is 12.1. The lowest BCUT2D eigenvalue weighted by molar-refractivity contribution is -0.117. The van der Waals surface area contributed by atoms with E-state index in [1.165, 1.54) is 40.5 Å². The standard InChI is InChI=1S/C20H19N3O3S2/c1-12(23-28(2,25)26)19(24)22-20-21-18(11-27-20)14-7-8-17-15(10-14)9-13-5-3-4-6-16(13)17/h3-8,10-12,23H,9H2,1-2H3,(H,21,22,24)/t12-/m1/s1. The molecule has 6 nitrogen and oxygen atoms in total. The van der Waals surface area contributed by atoms with E-state index in [-0.39, 0.29) is 0 Å². The maximum Gasteiger partial charge on any atom is 0.244 e. The molecule has 28 heavy (non-hydrogen) atoms. The summed E-state index contributed by atoms with van der Waals surface area (Å²) in [4.78, 5) is 16.6. The second-order valence-corrected chi connectivity index (χ2v) is 9.48. The number of anilines is 1. The summed E-state index contributed by atoms with van der Waals surface area (Å²) >= 11 is 1.31. The monoisotopic (exact) mass is 413 g/mol. The van der Waals surface area contributed by atoms with Gasteiger partial charge in [0, 0.05) is 10.9 Å². The van der Waals surface area contributed by atoms with Gasteiger partial charge in [0.05, 0.1) is 18.0 Å². The molecular weight excluding hydrogens is 394 g/mol. The first-order chi connectivity index (χ1) is 13.3. The predicted molar refractivity (Wildman–Crippen MR) is 112 cm³/mol. The normalized spacial score (nSPS) is 13.6. The fourth-order valence-corrected chi connectivity index (χ4v) is 4.83. The SMILES string of the molecule is C[C@@H](NS(C)(=O)=O)C(=O)Nc1nc(-c2ccc3c(c2)Cc2ccccc2-3)cs1. The van der Waals surface area contributed by atoms with E-state index in [1.54, 1.807) is 0 Å². The van der Waals surface area contributed by atoms with Crippen LogP contribution in [0.3, 0.4) is 0 Å². The van der Waals surface area contributed by atoms with E-state index in [2.05, 4.69) is 51.4 Å². The third-order valence-corrected chi connectivity index (χ3v) is 6.15. The first-order valence-corrected chi connectivity index (χ1v) is 11.5. The number of sulfonamides is 1. The largest absolute Gasteiger partial charge is 0.301 e. The molecule has 1 aromatic heterocycles. The van der Waals surface area contributed by atoms with Crippen LogP contribution in [-0.4, -0.2) is 31.6 Å². The average molecular weight is 414 g/mol. The molecule has 1 aliphatic carbocycles. The molecule has 1 atom stereocenters. The first kappa shape index (κ1) is 18.8. The van der Waals surface area contributed by atoms with Crippen molar-refractivity contribution in [3.63, 3.8) is 0 Å². The zero-order chi connectivity index (χ0) is 19.9. The highest BCUT2D eigenvalue weighted by Crippen LogP contribution is 2.38. The highest BCUT2D eigenvalue weighted by atomic mass is 32.2. The van der Waals surface area contributed by atoms with Gasteiger partial charge in [0.2, 0.25) is 15.9 Å². The Hall–Kier alpha value is -2.55. The smallest absolute Gasteiger partial charge is 0.244 e. The van der Waals surface area contributed by atoms with Crippen LogP contribution in [0.15, 0.2) is 47.8 Å². The molecule has 4 rings (SSSR count). The van der Waals surface area contributed by atoms with Crippen LogP contribution in [0.1, 0.15) is 18.1 Å². The van der Waals surface area contributed by atoms with Crippen molar-refractivity contribution in [3.05, 3.63) is 59.0 Å². The molecule has 1 heterocycles. The first-order valence-electron chi connectivity index (χ1n) is 8.75. The van der Waals surface area contributed by atoms with Crippen LogP contribution in [0.4, 0.5) is 5.13 Å². The number of nitrogens with one attached hydrogen (secondary N) is 2. The van der Waals surface area contributed by atoms with Crippen LogP contribution in [0.2, 0.25) is 0 Å². The van der Waals surface area contributed by atoms with E-state index >= 15 is 0 Å². The molecule has 0 aliphatic heterocycles. The Morgan fingerprint density at radius 2 is 1.89 bits per heavy atom. The van der Waals surface area contributed by atoms with Crippen molar-refractivity contribution in [3.8, 4) is 22.4 Å². The van der Waals surface area contributed by atoms with Crippen LogP contribution < -0.4 is 10.0 Å². The molecule has 0 radical (unpaired) electrons. The van der Waals surface area contributed by atoms with Crippen LogP contribution >= 0.6 is 11.3 Å². The molecule has 2 N–H and O–H groups in total. The molecule has 1 amide bonds. The summed E-state index contributed by atoms with van der Waals surface area (Å²) in [5.74, 6) is -0.448. The lowest BCUT2D eigenvalue weighted by atomic mass is 10.0. The summed E-state index contributed by atoms with van der Waals surface area (Å²) < 4.78 is 24.8. The summed E-state index contributed by atoms with van der Waals surface area (Å²) in [5, 5.41) is 4.98. The van der Waals surface area contributed by atoms with Crippen molar-refractivity contribution in [1.82, 2.24) is 9.71 Å². The second kappa shape index (κ2) is 7.12. The zero-order valence-corrected chi connectivity index (χ0v) is 17.0. The lowest BCUT2D eigenvalue weighted by Gasteiger charge is -2.10. The molecule has 1 aliphatic rings. The Morgan fingerprint density at radius 1 is 1.14 bits per heavy atom. The molecule has 8 heteroatoms. The van der Waals surface area contributed by atoms with Gasteiger partial charge in [-0.15, -0.1) is 11.3 Å². The van der Waals surface area contributed by atoms with E-state index in [0.29, 0.717) is 5.13 Å². The van der Waals surface area contributed by atoms with Crippen molar-refractivity contribution >= 4 is 32.4 Å². The fourth-order valence-electron chi connectivity index (χ4n) is 3.36. The Bertz CT molecular complexity index is 1170. The minimum absolute atomic E-state index is 0.436. The maximum atomic E-state index is 12.1. The van der Waals surface area contributed by atoms with Crippen LogP contribution in [0.25, 0.3) is 22.4 Å². The third kappa shape index (κ3) is 3.84. The predicted octanol–water partition coefficient (Wildman–Crippen LogP) is 3.26. The number of aromatic nitrogens is 1. The van der Waals surface area contributed by atoms with Gasteiger partial charge in [-0.2, -0.15) is 0 Å². The Kier molecular flexibility index (Phi) is 4.78. The van der Waals surface area contributed by atoms with E-state index < -0.39 is 22.0 Å². The molecule has 3 aromatic rings. The number of nitrogens with zero attached hydrogens (tertiary/aromatic N) is 1. The highest BCUT2D eigenvalue weighted by Gasteiger charge is 2.20. The number of amides is 1. The molecule has 0 fully saturated rings. The number of hydrogen-bond acceptors (Lipinski definition) is 5. The summed E-state index contributed by atoms with van der Waals surface area (Å²) in [6.45, 7) is 1.49. The average Bonchev–Trinajstić information content (AvgIpc) is 3.23. The summed E-state index contributed by atoms with van der Waals surface area (Å²) in [6, 6.07) is 13.8. The molecule has 0 bridgehead atoms. The third-order valence-electron chi connectivity index (χ3n) is 4.61. The number of benzene rings is 2. The second-order valence-electron chi connectivity index (χ2n) is 6.84. The Labute approximate surface area is 167 Å².